The molecule has 2 aromatic carbocycles. The number of carboxylic acid groups (broad SMARTS) is 1. The summed E-state index contributed by atoms with van der Waals surface area (Å²) in [5.74, 6) is -0.245. The number of aromatic carboxylic acids is 1. The van der Waals surface area contributed by atoms with Crippen LogP contribution in [0.3, 0.4) is 0 Å². The van der Waals surface area contributed by atoms with Crippen LogP contribution >= 0.6 is 11.8 Å². The molecule has 0 amide bonds. The van der Waals surface area contributed by atoms with E-state index in [0.717, 1.165) is 16.3 Å². The fourth-order valence-corrected chi connectivity index (χ4v) is 2.88. The highest BCUT2D eigenvalue weighted by atomic mass is 32.2. The number of rotatable bonds is 6. The molecule has 0 fully saturated rings. The van der Waals surface area contributed by atoms with E-state index in [1.54, 1.807) is 16.8 Å². The molecular formula is C16H14N4O2S. The summed E-state index contributed by atoms with van der Waals surface area (Å²) in [7, 11) is 0. The van der Waals surface area contributed by atoms with Gasteiger partial charge >= 0.3 is 5.97 Å². The summed E-state index contributed by atoms with van der Waals surface area (Å²) in [4.78, 5) is 10.8. The minimum Gasteiger partial charge on any atom is -0.478 e. The lowest BCUT2D eigenvalue weighted by Gasteiger charge is -2.05. The first-order valence-corrected chi connectivity index (χ1v) is 7.96. The largest absolute Gasteiger partial charge is 0.478 e. The van der Waals surface area contributed by atoms with Crippen molar-refractivity contribution in [3.63, 3.8) is 0 Å². The van der Waals surface area contributed by atoms with Crippen LogP contribution < -0.4 is 0 Å². The maximum Gasteiger partial charge on any atom is 0.335 e. The number of aromatic nitrogens is 4. The van der Waals surface area contributed by atoms with E-state index in [1.165, 1.54) is 11.8 Å². The summed E-state index contributed by atoms with van der Waals surface area (Å²) in [5, 5.41) is 21.4. The Morgan fingerprint density at radius 3 is 2.48 bits per heavy atom. The highest BCUT2D eigenvalue weighted by Crippen LogP contribution is 2.21. The van der Waals surface area contributed by atoms with Crippen molar-refractivity contribution in [1.82, 2.24) is 20.2 Å². The number of hydrogen-bond acceptors (Lipinski definition) is 5. The maximum absolute atomic E-state index is 10.8. The summed E-state index contributed by atoms with van der Waals surface area (Å²) < 4.78 is 1.76. The molecule has 23 heavy (non-hydrogen) atoms. The van der Waals surface area contributed by atoms with Crippen LogP contribution in [0.5, 0.6) is 0 Å². The summed E-state index contributed by atoms with van der Waals surface area (Å²) >= 11 is 1.52. The van der Waals surface area contributed by atoms with Crippen LogP contribution in [0.25, 0.3) is 0 Å². The summed E-state index contributed by atoms with van der Waals surface area (Å²) in [6.45, 7) is 0.619. The van der Waals surface area contributed by atoms with Crippen molar-refractivity contribution >= 4 is 17.7 Å². The Morgan fingerprint density at radius 2 is 1.78 bits per heavy atom. The summed E-state index contributed by atoms with van der Waals surface area (Å²) in [6, 6.07) is 16.8. The number of carbonyl (C=O) groups is 1. The summed E-state index contributed by atoms with van der Waals surface area (Å²) in [5.41, 5.74) is 2.44. The van der Waals surface area contributed by atoms with Gasteiger partial charge in [0.2, 0.25) is 5.16 Å². The molecule has 6 nitrogen and oxygen atoms in total. The lowest BCUT2D eigenvalue weighted by molar-refractivity contribution is 0.0697. The van der Waals surface area contributed by atoms with Crippen molar-refractivity contribution in [3.05, 3.63) is 71.3 Å². The molecule has 0 aliphatic carbocycles. The van der Waals surface area contributed by atoms with Crippen LogP contribution in [0.1, 0.15) is 21.5 Å². The third-order valence-corrected chi connectivity index (χ3v) is 4.27. The van der Waals surface area contributed by atoms with Gasteiger partial charge < -0.3 is 5.11 Å². The van der Waals surface area contributed by atoms with E-state index in [-0.39, 0.29) is 5.56 Å². The van der Waals surface area contributed by atoms with E-state index in [9.17, 15) is 4.79 Å². The zero-order valence-corrected chi connectivity index (χ0v) is 13.0. The van der Waals surface area contributed by atoms with Gasteiger partial charge in [0.1, 0.15) is 0 Å². The van der Waals surface area contributed by atoms with Gasteiger partial charge in [-0.3, -0.25) is 0 Å². The van der Waals surface area contributed by atoms with Crippen molar-refractivity contribution < 1.29 is 9.90 Å². The van der Waals surface area contributed by atoms with Crippen LogP contribution in [-0.4, -0.2) is 31.3 Å². The molecule has 3 rings (SSSR count). The standard InChI is InChI=1S/C16H14N4O2S/c21-15(22)14-8-6-13(7-9-14)11-23-16-17-18-19-20(16)10-12-4-2-1-3-5-12/h1-9H,10-11H2,(H,21,22). The first kappa shape index (κ1) is 15.2. The van der Waals surface area contributed by atoms with Crippen molar-refractivity contribution in [2.75, 3.05) is 0 Å². The van der Waals surface area contributed by atoms with Gasteiger partial charge in [0.05, 0.1) is 12.1 Å². The molecule has 0 aliphatic rings. The zero-order chi connectivity index (χ0) is 16.1. The van der Waals surface area contributed by atoms with E-state index in [0.29, 0.717) is 12.3 Å². The van der Waals surface area contributed by atoms with Crippen molar-refractivity contribution in [1.29, 1.82) is 0 Å². The average Bonchev–Trinajstić information content (AvgIpc) is 3.01. The van der Waals surface area contributed by atoms with Gasteiger partial charge in [0.15, 0.2) is 0 Å². The molecule has 0 aliphatic heterocycles. The van der Waals surface area contributed by atoms with Gasteiger partial charge in [-0.1, -0.05) is 54.2 Å². The number of benzene rings is 2. The minimum atomic E-state index is -0.920. The van der Waals surface area contributed by atoms with Crippen LogP contribution in [-0.2, 0) is 12.3 Å². The molecule has 116 valence electrons. The van der Waals surface area contributed by atoms with E-state index in [4.69, 9.17) is 5.11 Å². The summed E-state index contributed by atoms with van der Waals surface area (Å²) in [6.07, 6.45) is 0. The highest BCUT2D eigenvalue weighted by molar-refractivity contribution is 7.98. The lowest BCUT2D eigenvalue weighted by Crippen LogP contribution is -2.03. The predicted octanol–water partition coefficient (Wildman–Crippen LogP) is 2.71. The number of thioether (sulfide) groups is 1. The molecule has 0 atom stereocenters. The van der Waals surface area contributed by atoms with Gasteiger partial charge in [0.25, 0.3) is 0 Å². The van der Waals surface area contributed by atoms with Gasteiger partial charge in [-0.25, -0.2) is 9.48 Å². The quantitative estimate of drug-likeness (QED) is 0.702. The van der Waals surface area contributed by atoms with Crippen LogP contribution in [0.15, 0.2) is 59.8 Å². The molecule has 1 aromatic heterocycles. The Hall–Kier alpha value is -2.67. The molecule has 0 saturated heterocycles. The fourth-order valence-electron chi connectivity index (χ4n) is 2.05. The third kappa shape index (κ3) is 3.95. The Kier molecular flexibility index (Phi) is 4.68. The highest BCUT2D eigenvalue weighted by Gasteiger charge is 2.08. The van der Waals surface area contributed by atoms with Crippen molar-refractivity contribution in [3.8, 4) is 0 Å². The second kappa shape index (κ2) is 7.06. The Morgan fingerprint density at radius 1 is 1.04 bits per heavy atom. The smallest absolute Gasteiger partial charge is 0.335 e. The maximum atomic E-state index is 10.8. The van der Waals surface area contributed by atoms with Crippen LogP contribution in [0.4, 0.5) is 0 Å². The zero-order valence-electron chi connectivity index (χ0n) is 12.2. The molecular weight excluding hydrogens is 312 g/mol. The molecule has 0 spiro atoms. The van der Waals surface area contributed by atoms with Crippen molar-refractivity contribution in [2.45, 2.75) is 17.5 Å². The Balaban J connectivity index is 1.65. The molecule has 3 aromatic rings. The Labute approximate surface area is 137 Å². The molecule has 0 unspecified atom stereocenters. The first-order valence-electron chi connectivity index (χ1n) is 6.97. The Bertz CT molecular complexity index is 787. The second-order valence-corrected chi connectivity index (χ2v) is 5.84. The van der Waals surface area contributed by atoms with Crippen LogP contribution in [0.2, 0.25) is 0 Å². The SMILES string of the molecule is O=C(O)c1ccc(CSc2nnnn2Cc2ccccc2)cc1. The molecule has 1 N–H and O–H groups in total. The predicted molar refractivity (Wildman–Crippen MR) is 86.3 cm³/mol. The molecule has 7 heteroatoms. The van der Waals surface area contributed by atoms with Crippen molar-refractivity contribution in [2.24, 2.45) is 0 Å². The molecule has 0 saturated carbocycles. The number of carboxylic acids is 1. The third-order valence-electron chi connectivity index (χ3n) is 3.24. The van der Waals surface area contributed by atoms with Crippen LogP contribution in [0, 0.1) is 0 Å². The van der Waals surface area contributed by atoms with E-state index >= 15 is 0 Å². The van der Waals surface area contributed by atoms with E-state index in [2.05, 4.69) is 15.5 Å². The molecule has 0 radical (unpaired) electrons. The molecule has 1 heterocycles. The molecule has 0 bridgehead atoms. The minimum absolute atomic E-state index is 0.285. The van der Waals surface area contributed by atoms with E-state index < -0.39 is 5.97 Å². The van der Waals surface area contributed by atoms with Gasteiger partial charge in [0, 0.05) is 5.75 Å². The number of nitrogens with zero attached hydrogens (tertiary/aromatic N) is 4. The topological polar surface area (TPSA) is 80.9 Å². The van der Waals surface area contributed by atoms with Gasteiger partial charge in [-0.15, -0.1) is 5.10 Å². The number of tetrazole rings is 1. The average molecular weight is 326 g/mol. The fraction of sp³-hybridized carbons (Fsp3) is 0.125. The normalized spacial score (nSPS) is 10.6. The monoisotopic (exact) mass is 326 g/mol. The first-order chi connectivity index (χ1) is 11.2. The number of hydrogen-bond donors (Lipinski definition) is 1. The van der Waals surface area contributed by atoms with Gasteiger partial charge in [-0.05, 0) is 33.7 Å². The van der Waals surface area contributed by atoms with E-state index in [1.807, 2.05) is 42.5 Å². The lowest BCUT2D eigenvalue weighted by atomic mass is 10.1. The van der Waals surface area contributed by atoms with Gasteiger partial charge in [-0.2, -0.15) is 0 Å². The second-order valence-electron chi connectivity index (χ2n) is 4.90.